The SMILES string of the molecule is CCOC(=O)c1c(C)[nH]c(C(=O)[C@@H](C)OC(=O)c2ccccc2NS(=O)(=O)c2cccc([N+](=O)[O-])c2)c1C. The number of carbonyl (C=O) groups is 3. The summed E-state index contributed by atoms with van der Waals surface area (Å²) >= 11 is 0. The molecule has 0 amide bonds. The highest BCUT2D eigenvalue weighted by atomic mass is 32.2. The van der Waals surface area contributed by atoms with E-state index in [1.807, 2.05) is 0 Å². The zero-order valence-corrected chi connectivity index (χ0v) is 21.7. The van der Waals surface area contributed by atoms with Crippen molar-refractivity contribution in [3.8, 4) is 0 Å². The van der Waals surface area contributed by atoms with Gasteiger partial charge in [-0.1, -0.05) is 18.2 Å². The zero-order chi connectivity index (χ0) is 28.2. The summed E-state index contributed by atoms with van der Waals surface area (Å²) in [6, 6.07) is 9.97. The first-order valence-electron chi connectivity index (χ1n) is 11.3. The van der Waals surface area contributed by atoms with Gasteiger partial charge in [-0.25, -0.2) is 18.0 Å². The molecule has 0 fully saturated rings. The number of rotatable bonds is 10. The number of para-hydroxylation sites is 1. The summed E-state index contributed by atoms with van der Waals surface area (Å²) in [6.45, 7) is 6.33. The number of carbonyl (C=O) groups excluding carboxylic acids is 3. The van der Waals surface area contributed by atoms with Crippen molar-refractivity contribution in [1.82, 2.24) is 4.98 Å². The number of aryl methyl sites for hydroxylation is 1. The lowest BCUT2D eigenvalue weighted by Crippen LogP contribution is -2.26. The molecule has 1 heterocycles. The number of anilines is 1. The highest BCUT2D eigenvalue weighted by molar-refractivity contribution is 7.92. The Hall–Kier alpha value is -4.52. The van der Waals surface area contributed by atoms with Crippen LogP contribution < -0.4 is 4.72 Å². The van der Waals surface area contributed by atoms with Crippen molar-refractivity contribution < 1.29 is 37.2 Å². The summed E-state index contributed by atoms with van der Waals surface area (Å²) in [4.78, 5) is 51.0. The van der Waals surface area contributed by atoms with Gasteiger partial charge in [-0.2, -0.15) is 0 Å². The molecule has 0 aliphatic rings. The molecule has 0 saturated heterocycles. The fourth-order valence-corrected chi connectivity index (χ4v) is 4.82. The van der Waals surface area contributed by atoms with Crippen LogP contribution in [0.3, 0.4) is 0 Å². The van der Waals surface area contributed by atoms with E-state index in [4.69, 9.17) is 9.47 Å². The van der Waals surface area contributed by atoms with Gasteiger partial charge < -0.3 is 14.5 Å². The first kappa shape index (κ1) is 28.1. The molecule has 2 aromatic carbocycles. The highest BCUT2D eigenvalue weighted by Crippen LogP contribution is 2.25. The minimum absolute atomic E-state index is 0.0745. The fourth-order valence-electron chi connectivity index (χ4n) is 3.70. The minimum atomic E-state index is -4.31. The van der Waals surface area contributed by atoms with Crippen molar-refractivity contribution in [3.63, 3.8) is 0 Å². The Kier molecular flexibility index (Phi) is 8.31. The number of nitro groups is 1. The number of esters is 2. The van der Waals surface area contributed by atoms with Gasteiger partial charge >= 0.3 is 11.9 Å². The van der Waals surface area contributed by atoms with Crippen molar-refractivity contribution >= 4 is 39.1 Å². The molecule has 0 spiro atoms. The highest BCUT2D eigenvalue weighted by Gasteiger charge is 2.29. The third-order valence-electron chi connectivity index (χ3n) is 5.55. The molecule has 2 N–H and O–H groups in total. The van der Waals surface area contributed by atoms with Gasteiger partial charge in [0.2, 0.25) is 5.78 Å². The van der Waals surface area contributed by atoms with Crippen LogP contribution in [0, 0.1) is 24.0 Å². The van der Waals surface area contributed by atoms with Gasteiger partial charge in [0.15, 0.2) is 6.10 Å². The van der Waals surface area contributed by atoms with E-state index in [-0.39, 0.29) is 34.0 Å². The number of sulfonamides is 1. The second-order valence-electron chi connectivity index (χ2n) is 8.16. The maximum atomic E-state index is 13.0. The number of nitro benzene ring substituents is 1. The van der Waals surface area contributed by atoms with Crippen LogP contribution in [0.1, 0.15) is 56.3 Å². The van der Waals surface area contributed by atoms with Crippen molar-refractivity contribution in [2.75, 3.05) is 11.3 Å². The number of hydrogen-bond donors (Lipinski definition) is 2. The van der Waals surface area contributed by atoms with Crippen LogP contribution in [-0.4, -0.2) is 48.8 Å². The summed E-state index contributed by atoms with van der Waals surface area (Å²) in [7, 11) is -4.31. The summed E-state index contributed by atoms with van der Waals surface area (Å²) in [5, 5.41) is 11.0. The van der Waals surface area contributed by atoms with Crippen LogP contribution in [0.2, 0.25) is 0 Å². The number of non-ortho nitro benzene ring substituents is 1. The number of ketones is 1. The van der Waals surface area contributed by atoms with Crippen LogP contribution in [0.15, 0.2) is 53.4 Å². The van der Waals surface area contributed by atoms with Gasteiger partial charge in [0, 0.05) is 17.8 Å². The molecule has 0 unspecified atom stereocenters. The number of hydrogen-bond acceptors (Lipinski definition) is 9. The Morgan fingerprint density at radius 2 is 1.76 bits per heavy atom. The lowest BCUT2D eigenvalue weighted by molar-refractivity contribution is -0.385. The van der Waals surface area contributed by atoms with Crippen molar-refractivity contribution in [2.24, 2.45) is 0 Å². The van der Waals surface area contributed by atoms with Crippen LogP contribution in [0.25, 0.3) is 0 Å². The zero-order valence-electron chi connectivity index (χ0n) is 20.9. The van der Waals surface area contributed by atoms with Crippen molar-refractivity contribution in [2.45, 2.75) is 38.7 Å². The lowest BCUT2D eigenvalue weighted by Gasteiger charge is -2.15. The number of aromatic amines is 1. The smallest absolute Gasteiger partial charge is 0.340 e. The van der Waals surface area contributed by atoms with Gasteiger partial charge in [0.25, 0.3) is 15.7 Å². The van der Waals surface area contributed by atoms with E-state index >= 15 is 0 Å². The summed E-state index contributed by atoms with van der Waals surface area (Å²) in [5.41, 5.74) is 0.296. The van der Waals surface area contributed by atoms with Gasteiger partial charge in [0.1, 0.15) is 0 Å². The molecule has 1 atom stereocenters. The number of aromatic nitrogens is 1. The molecule has 0 aliphatic heterocycles. The number of nitrogens with one attached hydrogen (secondary N) is 2. The molecule has 38 heavy (non-hydrogen) atoms. The molecular weight excluding hydrogens is 518 g/mol. The quantitative estimate of drug-likeness (QED) is 0.166. The van der Waals surface area contributed by atoms with E-state index in [0.29, 0.717) is 11.3 Å². The predicted molar refractivity (Wildman–Crippen MR) is 136 cm³/mol. The number of ether oxygens (including phenoxy) is 2. The maximum Gasteiger partial charge on any atom is 0.340 e. The largest absolute Gasteiger partial charge is 0.462 e. The molecular formula is C25H25N3O9S. The first-order valence-corrected chi connectivity index (χ1v) is 12.8. The average molecular weight is 544 g/mol. The monoisotopic (exact) mass is 543 g/mol. The lowest BCUT2D eigenvalue weighted by atomic mass is 10.1. The Balaban J connectivity index is 1.83. The molecule has 0 radical (unpaired) electrons. The standard InChI is InChI=1S/C25H25N3O9S/c1-5-36-25(31)21-14(2)22(26-15(21)3)23(29)16(4)37-24(30)19-11-6-7-12-20(19)27-38(34,35)18-10-8-9-17(13-18)28(32)33/h6-13,16,26-27H,5H2,1-4H3/t16-/m1/s1. The molecule has 0 bridgehead atoms. The molecule has 0 saturated carbocycles. The van der Waals surface area contributed by atoms with E-state index in [1.165, 1.54) is 43.3 Å². The van der Waals surface area contributed by atoms with E-state index < -0.39 is 44.5 Å². The molecule has 0 aliphatic carbocycles. The molecule has 12 nitrogen and oxygen atoms in total. The maximum absolute atomic E-state index is 13.0. The van der Waals surface area contributed by atoms with E-state index in [9.17, 15) is 32.9 Å². The van der Waals surface area contributed by atoms with E-state index in [2.05, 4.69) is 9.71 Å². The van der Waals surface area contributed by atoms with Crippen LogP contribution in [0.5, 0.6) is 0 Å². The number of benzene rings is 2. The number of H-pyrrole nitrogens is 1. The minimum Gasteiger partial charge on any atom is -0.462 e. The van der Waals surface area contributed by atoms with Gasteiger partial charge in [-0.3, -0.25) is 19.6 Å². The molecule has 13 heteroatoms. The second kappa shape index (κ2) is 11.3. The summed E-state index contributed by atoms with van der Waals surface area (Å²) in [6.07, 6.45) is -1.30. The first-order chi connectivity index (χ1) is 17.9. The second-order valence-corrected chi connectivity index (χ2v) is 9.85. The third kappa shape index (κ3) is 5.89. The number of nitrogens with zero attached hydrogens (tertiary/aromatic N) is 1. The molecule has 3 aromatic rings. The average Bonchev–Trinajstić information content (AvgIpc) is 3.17. The molecule has 3 rings (SSSR count). The van der Waals surface area contributed by atoms with E-state index in [0.717, 1.165) is 12.1 Å². The van der Waals surface area contributed by atoms with Crippen molar-refractivity contribution in [1.29, 1.82) is 0 Å². The summed E-state index contributed by atoms with van der Waals surface area (Å²) in [5.74, 6) is -2.19. The Morgan fingerprint density at radius 1 is 1.08 bits per heavy atom. The topological polar surface area (TPSA) is 175 Å². The van der Waals surface area contributed by atoms with Gasteiger partial charge in [-0.15, -0.1) is 0 Å². The van der Waals surface area contributed by atoms with Crippen LogP contribution in [0.4, 0.5) is 11.4 Å². The Morgan fingerprint density at radius 3 is 2.42 bits per heavy atom. The Labute approximate surface area is 218 Å². The fraction of sp³-hybridized carbons (Fsp3) is 0.240. The third-order valence-corrected chi connectivity index (χ3v) is 6.91. The van der Waals surface area contributed by atoms with Gasteiger partial charge in [-0.05, 0) is 51.5 Å². The van der Waals surface area contributed by atoms with E-state index in [1.54, 1.807) is 20.8 Å². The predicted octanol–water partition coefficient (Wildman–Crippen LogP) is 3.95. The van der Waals surface area contributed by atoms with Crippen LogP contribution >= 0.6 is 0 Å². The molecule has 200 valence electrons. The molecule has 1 aromatic heterocycles. The number of Topliss-reactive ketones (excluding diaryl/α,β-unsaturated/α-hetero) is 1. The summed E-state index contributed by atoms with van der Waals surface area (Å²) < 4.78 is 38.3. The van der Waals surface area contributed by atoms with Crippen molar-refractivity contribution in [3.05, 3.63) is 86.7 Å². The normalized spacial score (nSPS) is 11.9. The van der Waals surface area contributed by atoms with Gasteiger partial charge in [0.05, 0.1) is 38.9 Å². The Bertz CT molecular complexity index is 1530. The van der Waals surface area contributed by atoms with Crippen LogP contribution in [-0.2, 0) is 19.5 Å².